The van der Waals surface area contributed by atoms with Gasteiger partial charge in [-0.2, -0.15) is 4.98 Å². The van der Waals surface area contributed by atoms with Crippen LogP contribution in [0.4, 0.5) is 0 Å². The normalized spacial score (nSPS) is 12.1. The summed E-state index contributed by atoms with van der Waals surface area (Å²) in [6.07, 6.45) is 1.01. The van der Waals surface area contributed by atoms with Gasteiger partial charge in [0.15, 0.2) is 0 Å². The zero-order valence-electron chi connectivity index (χ0n) is 9.06. The summed E-state index contributed by atoms with van der Waals surface area (Å²) in [5.41, 5.74) is 0. The molecule has 0 aliphatic carbocycles. The van der Waals surface area contributed by atoms with Gasteiger partial charge in [0.2, 0.25) is 5.89 Å². The van der Waals surface area contributed by atoms with Gasteiger partial charge in [-0.15, -0.1) is 0 Å². The Morgan fingerprint density at radius 2 is 2.25 bits per heavy atom. The fraction of sp³-hybridized carbons (Fsp3) is 0.556. The molecule has 0 saturated carbocycles. The lowest BCUT2D eigenvalue weighted by atomic mass is 10.1. The standard InChI is InChI=1S/C9H13N3O4/c1-3-4-6(9(14)15)11-8(13)7-10-5(2)16-12-7/h6H,3-4H2,1-2H3,(H,11,13)(H,14,15)/t6-/m1/s1. The van der Waals surface area contributed by atoms with Gasteiger partial charge in [0.25, 0.3) is 11.7 Å². The van der Waals surface area contributed by atoms with Crippen molar-refractivity contribution in [2.24, 2.45) is 0 Å². The maximum atomic E-state index is 11.5. The third-order valence-corrected chi connectivity index (χ3v) is 1.91. The molecule has 1 heterocycles. The summed E-state index contributed by atoms with van der Waals surface area (Å²) in [4.78, 5) is 26.0. The topological polar surface area (TPSA) is 105 Å². The molecule has 0 fully saturated rings. The zero-order chi connectivity index (χ0) is 12.1. The lowest BCUT2D eigenvalue weighted by molar-refractivity contribution is -0.139. The van der Waals surface area contributed by atoms with Crippen LogP contribution in [0.1, 0.15) is 36.3 Å². The van der Waals surface area contributed by atoms with E-state index >= 15 is 0 Å². The predicted octanol–water partition coefficient (Wildman–Crippen LogP) is 0.361. The van der Waals surface area contributed by atoms with Crippen LogP contribution in [0.3, 0.4) is 0 Å². The van der Waals surface area contributed by atoms with E-state index in [1.54, 1.807) is 6.92 Å². The summed E-state index contributed by atoms with van der Waals surface area (Å²) in [6.45, 7) is 3.38. The van der Waals surface area contributed by atoms with Crippen molar-refractivity contribution in [3.8, 4) is 0 Å². The van der Waals surface area contributed by atoms with Crippen molar-refractivity contribution in [3.63, 3.8) is 0 Å². The van der Waals surface area contributed by atoms with E-state index in [0.29, 0.717) is 12.8 Å². The smallest absolute Gasteiger partial charge is 0.326 e. The van der Waals surface area contributed by atoms with E-state index in [-0.39, 0.29) is 11.7 Å². The average Bonchev–Trinajstić information content (AvgIpc) is 2.64. The van der Waals surface area contributed by atoms with E-state index in [4.69, 9.17) is 5.11 Å². The summed E-state index contributed by atoms with van der Waals surface area (Å²) in [7, 11) is 0. The van der Waals surface area contributed by atoms with Crippen molar-refractivity contribution < 1.29 is 19.2 Å². The van der Waals surface area contributed by atoms with Crippen LogP contribution in [-0.2, 0) is 4.79 Å². The number of carbonyl (C=O) groups is 2. The fourth-order valence-corrected chi connectivity index (χ4v) is 1.16. The second-order valence-electron chi connectivity index (χ2n) is 3.29. The number of amides is 1. The van der Waals surface area contributed by atoms with E-state index < -0.39 is 17.9 Å². The molecule has 16 heavy (non-hydrogen) atoms. The average molecular weight is 227 g/mol. The molecule has 1 aromatic heterocycles. The first kappa shape index (κ1) is 12.2. The molecule has 0 bridgehead atoms. The number of aliphatic carboxylic acids is 1. The minimum absolute atomic E-state index is 0.153. The molecule has 0 saturated heterocycles. The predicted molar refractivity (Wildman–Crippen MR) is 52.8 cm³/mol. The van der Waals surface area contributed by atoms with Gasteiger partial charge in [-0.25, -0.2) is 4.79 Å². The minimum Gasteiger partial charge on any atom is -0.480 e. The largest absolute Gasteiger partial charge is 0.480 e. The Bertz CT molecular complexity index is 388. The maximum Gasteiger partial charge on any atom is 0.326 e. The lowest BCUT2D eigenvalue weighted by Gasteiger charge is -2.11. The highest BCUT2D eigenvalue weighted by Crippen LogP contribution is 2.00. The number of nitrogens with one attached hydrogen (secondary N) is 1. The number of hydrogen-bond acceptors (Lipinski definition) is 5. The summed E-state index contributed by atoms with van der Waals surface area (Å²) in [6, 6.07) is -0.920. The first-order valence-corrected chi connectivity index (χ1v) is 4.88. The van der Waals surface area contributed by atoms with Crippen LogP contribution in [0.2, 0.25) is 0 Å². The highest BCUT2D eigenvalue weighted by atomic mass is 16.5. The zero-order valence-corrected chi connectivity index (χ0v) is 9.06. The van der Waals surface area contributed by atoms with Crippen LogP contribution in [0, 0.1) is 6.92 Å². The quantitative estimate of drug-likeness (QED) is 0.752. The number of aromatic nitrogens is 2. The molecular formula is C9H13N3O4. The Morgan fingerprint density at radius 3 is 2.69 bits per heavy atom. The number of carboxylic acid groups (broad SMARTS) is 1. The van der Waals surface area contributed by atoms with Gasteiger partial charge in [-0.1, -0.05) is 18.5 Å². The van der Waals surface area contributed by atoms with Crippen LogP contribution in [0.25, 0.3) is 0 Å². The molecule has 0 aromatic carbocycles. The highest BCUT2D eigenvalue weighted by molar-refractivity contribution is 5.93. The van der Waals surface area contributed by atoms with Gasteiger partial charge < -0.3 is 14.9 Å². The van der Waals surface area contributed by atoms with Gasteiger partial charge in [0.05, 0.1) is 0 Å². The summed E-state index contributed by atoms with van der Waals surface area (Å²) in [5.74, 6) is -1.61. The Hall–Kier alpha value is -1.92. The van der Waals surface area contributed by atoms with Crippen molar-refractivity contribution in [1.29, 1.82) is 0 Å². The molecular weight excluding hydrogens is 214 g/mol. The number of carbonyl (C=O) groups excluding carboxylic acids is 1. The van der Waals surface area contributed by atoms with Crippen LogP contribution < -0.4 is 5.32 Å². The van der Waals surface area contributed by atoms with Crippen molar-refractivity contribution in [1.82, 2.24) is 15.5 Å². The highest BCUT2D eigenvalue weighted by Gasteiger charge is 2.22. The number of nitrogens with zero attached hydrogens (tertiary/aromatic N) is 2. The molecule has 0 aliphatic heterocycles. The van der Waals surface area contributed by atoms with E-state index in [0.717, 1.165) is 0 Å². The second-order valence-corrected chi connectivity index (χ2v) is 3.29. The first-order chi connectivity index (χ1) is 7.54. The molecule has 0 spiro atoms. The first-order valence-electron chi connectivity index (χ1n) is 4.88. The number of rotatable bonds is 5. The van der Waals surface area contributed by atoms with Crippen molar-refractivity contribution in [2.75, 3.05) is 0 Å². The summed E-state index contributed by atoms with van der Waals surface area (Å²) >= 11 is 0. The van der Waals surface area contributed by atoms with E-state index in [9.17, 15) is 9.59 Å². The van der Waals surface area contributed by atoms with Gasteiger partial charge in [0, 0.05) is 6.92 Å². The third kappa shape index (κ3) is 3.04. The summed E-state index contributed by atoms with van der Waals surface area (Å²) in [5, 5.41) is 14.5. The molecule has 0 radical (unpaired) electrons. The van der Waals surface area contributed by atoms with Gasteiger partial charge in [-0.05, 0) is 6.42 Å². The molecule has 2 N–H and O–H groups in total. The molecule has 88 valence electrons. The Balaban J connectivity index is 2.65. The Morgan fingerprint density at radius 1 is 1.56 bits per heavy atom. The summed E-state index contributed by atoms with van der Waals surface area (Å²) < 4.78 is 4.62. The van der Waals surface area contributed by atoms with Gasteiger partial charge in [-0.3, -0.25) is 4.79 Å². The number of hydrogen-bond donors (Lipinski definition) is 2. The van der Waals surface area contributed by atoms with Crippen molar-refractivity contribution in [2.45, 2.75) is 32.7 Å². The van der Waals surface area contributed by atoms with Crippen LogP contribution in [0.5, 0.6) is 0 Å². The fourth-order valence-electron chi connectivity index (χ4n) is 1.16. The molecule has 0 aliphatic rings. The van der Waals surface area contributed by atoms with Gasteiger partial charge in [0.1, 0.15) is 6.04 Å². The molecule has 1 amide bonds. The monoisotopic (exact) mass is 227 g/mol. The van der Waals surface area contributed by atoms with Gasteiger partial charge >= 0.3 is 5.97 Å². The van der Waals surface area contributed by atoms with E-state index in [1.165, 1.54) is 0 Å². The Kier molecular flexibility index (Phi) is 3.98. The maximum absolute atomic E-state index is 11.5. The van der Waals surface area contributed by atoms with Crippen LogP contribution in [0.15, 0.2) is 4.52 Å². The lowest BCUT2D eigenvalue weighted by Crippen LogP contribution is -2.41. The second kappa shape index (κ2) is 5.24. The Labute approximate surface area is 91.8 Å². The molecule has 7 nitrogen and oxygen atoms in total. The molecule has 1 rings (SSSR count). The number of carboxylic acids is 1. The van der Waals surface area contributed by atoms with E-state index in [1.807, 2.05) is 6.92 Å². The van der Waals surface area contributed by atoms with Crippen molar-refractivity contribution >= 4 is 11.9 Å². The van der Waals surface area contributed by atoms with Crippen LogP contribution >= 0.6 is 0 Å². The SMILES string of the molecule is CCC[C@@H](NC(=O)c1noc(C)n1)C(=O)O. The minimum atomic E-state index is -1.07. The van der Waals surface area contributed by atoms with Crippen LogP contribution in [-0.4, -0.2) is 33.2 Å². The molecule has 7 heteroatoms. The van der Waals surface area contributed by atoms with Crippen molar-refractivity contribution in [3.05, 3.63) is 11.7 Å². The van der Waals surface area contributed by atoms with E-state index in [2.05, 4.69) is 20.0 Å². The molecule has 0 unspecified atom stereocenters. The molecule has 1 aromatic rings. The molecule has 1 atom stereocenters. The number of aryl methyl sites for hydroxylation is 1. The third-order valence-electron chi connectivity index (χ3n) is 1.91.